The summed E-state index contributed by atoms with van der Waals surface area (Å²) in [5.74, 6) is 0.688. The number of sulfonamides is 1. The molecule has 2 aliphatic rings. The number of rotatable bonds is 7. The van der Waals surface area contributed by atoms with E-state index in [-0.39, 0.29) is 37.0 Å². The van der Waals surface area contributed by atoms with E-state index in [0.29, 0.717) is 11.8 Å². The van der Waals surface area contributed by atoms with Crippen LogP contribution in [0.3, 0.4) is 0 Å². The zero-order chi connectivity index (χ0) is 20.0. The molecule has 0 unspecified atom stereocenters. The minimum Gasteiger partial charge on any atom is -0.352 e. The summed E-state index contributed by atoms with van der Waals surface area (Å²) in [7, 11) is -3.64. The van der Waals surface area contributed by atoms with Crippen molar-refractivity contribution in [2.45, 2.75) is 77.3 Å². The highest BCUT2D eigenvalue weighted by molar-refractivity contribution is 7.88. The predicted molar refractivity (Wildman–Crippen MR) is 106 cm³/mol. The Morgan fingerprint density at radius 3 is 1.41 bits per heavy atom. The topological polar surface area (TPSA) is 95.6 Å². The van der Waals surface area contributed by atoms with Gasteiger partial charge in [-0.1, -0.05) is 13.8 Å². The highest BCUT2D eigenvalue weighted by Crippen LogP contribution is 2.24. The summed E-state index contributed by atoms with van der Waals surface area (Å²) in [5.41, 5.74) is 0. The van der Waals surface area contributed by atoms with Crippen LogP contribution in [-0.2, 0) is 19.6 Å². The Bertz CT molecular complexity index is 568. The molecular formula is C19H35N3O4S. The molecule has 0 aromatic heterocycles. The molecule has 7 nitrogen and oxygen atoms in total. The lowest BCUT2D eigenvalue weighted by Gasteiger charge is -2.29. The lowest BCUT2D eigenvalue weighted by atomic mass is 9.87. The molecule has 0 saturated heterocycles. The van der Waals surface area contributed by atoms with Crippen LogP contribution in [0.2, 0.25) is 0 Å². The van der Waals surface area contributed by atoms with Crippen molar-refractivity contribution in [3.63, 3.8) is 0 Å². The molecule has 156 valence electrons. The van der Waals surface area contributed by atoms with Gasteiger partial charge in [0.25, 0.3) is 0 Å². The van der Waals surface area contributed by atoms with E-state index in [0.717, 1.165) is 61.9 Å². The molecule has 2 rings (SSSR count). The van der Waals surface area contributed by atoms with Gasteiger partial charge >= 0.3 is 0 Å². The molecule has 2 aliphatic carbocycles. The van der Waals surface area contributed by atoms with Gasteiger partial charge in [-0.15, -0.1) is 0 Å². The van der Waals surface area contributed by atoms with Crippen molar-refractivity contribution < 1.29 is 18.0 Å². The first-order valence-corrected chi connectivity index (χ1v) is 12.0. The van der Waals surface area contributed by atoms with Crippen molar-refractivity contribution in [3.8, 4) is 0 Å². The van der Waals surface area contributed by atoms with Gasteiger partial charge in [0.05, 0.1) is 19.3 Å². The summed E-state index contributed by atoms with van der Waals surface area (Å²) >= 11 is 0. The fourth-order valence-corrected chi connectivity index (χ4v) is 4.67. The van der Waals surface area contributed by atoms with Gasteiger partial charge in [-0.2, -0.15) is 4.31 Å². The van der Waals surface area contributed by atoms with E-state index in [1.807, 2.05) is 0 Å². The summed E-state index contributed by atoms with van der Waals surface area (Å²) in [6.07, 6.45) is 9.02. The Morgan fingerprint density at radius 2 is 1.11 bits per heavy atom. The van der Waals surface area contributed by atoms with Crippen LogP contribution in [0.1, 0.15) is 65.2 Å². The number of carbonyl (C=O) groups excluding carboxylic acids is 2. The van der Waals surface area contributed by atoms with Crippen molar-refractivity contribution in [1.82, 2.24) is 14.9 Å². The molecule has 2 fully saturated rings. The molecule has 0 aromatic carbocycles. The maximum atomic E-state index is 12.3. The van der Waals surface area contributed by atoms with Gasteiger partial charge in [0.2, 0.25) is 21.8 Å². The van der Waals surface area contributed by atoms with E-state index in [9.17, 15) is 18.0 Å². The number of nitrogens with zero attached hydrogens (tertiary/aromatic N) is 1. The van der Waals surface area contributed by atoms with Gasteiger partial charge in [-0.05, 0) is 63.2 Å². The molecule has 0 atom stereocenters. The molecular weight excluding hydrogens is 366 g/mol. The van der Waals surface area contributed by atoms with Crippen molar-refractivity contribution in [2.75, 3.05) is 19.3 Å². The summed E-state index contributed by atoms with van der Waals surface area (Å²) in [6.45, 7) is 3.80. The molecule has 2 N–H and O–H groups in total. The van der Waals surface area contributed by atoms with Crippen LogP contribution in [0.25, 0.3) is 0 Å². The molecule has 0 radical (unpaired) electrons. The molecule has 8 heteroatoms. The average Bonchev–Trinajstić information content (AvgIpc) is 2.57. The van der Waals surface area contributed by atoms with Crippen LogP contribution >= 0.6 is 0 Å². The SMILES string of the molecule is CC1CCC(NC(=O)CN(CC(=O)NC2CCC(C)CC2)S(C)(=O)=O)CC1. The Hall–Kier alpha value is -1.15. The molecule has 0 aliphatic heterocycles. The van der Waals surface area contributed by atoms with Crippen LogP contribution in [0.4, 0.5) is 0 Å². The number of hydrogen-bond acceptors (Lipinski definition) is 4. The molecule has 2 saturated carbocycles. The van der Waals surface area contributed by atoms with Gasteiger partial charge in [-0.25, -0.2) is 8.42 Å². The molecule has 2 amide bonds. The Balaban J connectivity index is 1.83. The number of hydrogen-bond donors (Lipinski definition) is 2. The van der Waals surface area contributed by atoms with Crippen LogP contribution in [0.15, 0.2) is 0 Å². The van der Waals surface area contributed by atoms with Gasteiger partial charge in [0, 0.05) is 12.1 Å². The third kappa shape index (κ3) is 7.78. The quantitative estimate of drug-likeness (QED) is 0.678. The van der Waals surface area contributed by atoms with Gasteiger partial charge in [0.1, 0.15) is 0 Å². The summed E-state index contributed by atoms with van der Waals surface area (Å²) < 4.78 is 25.0. The third-order valence-electron chi connectivity index (χ3n) is 5.87. The third-order valence-corrected chi connectivity index (χ3v) is 7.07. The first-order valence-electron chi connectivity index (χ1n) is 10.2. The molecule has 0 aromatic rings. The second-order valence-electron chi connectivity index (χ2n) is 8.58. The van der Waals surface area contributed by atoms with E-state index in [1.165, 1.54) is 0 Å². The fraction of sp³-hybridized carbons (Fsp3) is 0.895. The van der Waals surface area contributed by atoms with E-state index >= 15 is 0 Å². The van der Waals surface area contributed by atoms with E-state index < -0.39 is 10.0 Å². The number of amides is 2. The Morgan fingerprint density at radius 1 is 0.778 bits per heavy atom. The summed E-state index contributed by atoms with van der Waals surface area (Å²) in [6, 6.07) is 0.210. The van der Waals surface area contributed by atoms with E-state index in [2.05, 4.69) is 24.5 Å². The average molecular weight is 402 g/mol. The molecule has 0 bridgehead atoms. The van der Waals surface area contributed by atoms with Gasteiger partial charge < -0.3 is 10.6 Å². The van der Waals surface area contributed by atoms with Crippen LogP contribution in [0, 0.1) is 11.8 Å². The van der Waals surface area contributed by atoms with E-state index in [4.69, 9.17) is 0 Å². The monoisotopic (exact) mass is 401 g/mol. The predicted octanol–water partition coefficient (Wildman–Crippen LogP) is 1.64. The van der Waals surface area contributed by atoms with Gasteiger partial charge in [0.15, 0.2) is 0 Å². The first kappa shape index (κ1) is 22.1. The van der Waals surface area contributed by atoms with E-state index in [1.54, 1.807) is 0 Å². The maximum Gasteiger partial charge on any atom is 0.235 e. The second kappa shape index (κ2) is 9.87. The lowest BCUT2D eigenvalue weighted by Crippen LogP contribution is -2.49. The smallest absolute Gasteiger partial charge is 0.235 e. The van der Waals surface area contributed by atoms with Crippen molar-refractivity contribution >= 4 is 21.8 Å². The number of carbonyl (C=O) groups is 2. The summed E-state index contributed by atoms with van der Waals surface area (Å²) in [5, 5.41) is 5.85. The van der Waals surface area contributed by atoms with Crippen LogP contribution in [0.5, 0.6) is 0 Å². The molecule has 27 heavy (non-hydrogen) atoms. The minimum atomic E-state index is -3.64. The maximum absolute atomic E-state index is 12.3. The normalized spacial score (nSPS) is 29.3. The Kier molecular flexibility index (Phi) is 8.09. The molecule has 0 spiro atoms. The van der Waals surface area contributed by atoms with Crippen LogP contribution in [-0.4, -0.2) is 56.0 Å². The van der Waals surface area contributed by atoms with Crippen LogP contribution < -0.4 is 10.6 Å². The second-order valence-corrected chi connectivity index (χ2v) is 10.6. The summed E-state index contributed by atoms with van der Waals surface area (Å²) in [4.78, 5) is 24.6. The van der Waals surface area contributed by atoms with Crippen molar-refractivity contribution in [2.24, 2.45) is 11.8 Å². The van der Waals surface area contributed by atoms with Crippen molar-refractivity contribution in [1.29, 1.82) is 0 Å². The van der Waals surface area contributed by atoms with Gasteiger partial charge in [-0.3, -0.25) is 9.59 Å². The molecule has 0 heterocycles. The Labute approximate surface area is 163 Å². The number of nitrogens with one attached hydrogen (secondary N) is 2. The zero-order valence-corrected chi connectivity index (χ0v) is 17.7. The largest absolute Gasteiger partial charge is 0.352 e. The first-order chi connectivity index (χ1) is 12.6. The highest BCUT2D eigenvalue weighted by Gasteiger charge is 2.27. The zero-order valence-electron chi connectivity index (χ0n) is 16.9. The van der Waals surface area contributed by atoms with Crippen molar-refractivity contribution in [3.05, 3.63) is 0 Å². The minimum absolute atomic E-state index is 0.105. The fourth-order valence-electron chi connectivity index (χ4n) is 3.97. The highest BCUT2D eigenvalue weighted by atomic mass is 32.2. The standard InChI is InChI=1S/C19H35N3O4S/c1-14-4-8-16(9-5-14)20-18(23)12-22(27(3,25)26)13-19(24)21-17-10-6-15(2)7-11-17/h14-17H,4-13H2,1-3H3,(H,20,23)(H,21,24). The lowest BCUT2D eigenvalue weighted by molar-refractivity contribution is -0.124.